The van der Waals surface area contributed by atoms with E-state index in [-0.39, 0.29) is 24.0 Å². The van der Waals surface area contributed by atoms with Crippen LogP contribution >= 0.6 is 0 Å². The Kier molecular flexibility index (Phi) is 3.10. The van der Waals surface area contributed by atoms with Gasteiger partial charge in [-0.15, -0.1) is 6.58 Å². The molecular formula is C12H19NO2. The van der Waals surface area contributed by atoms with Gasteiger partial charge in [-0.1, -0.05) is 18.9 Å². The monoisotopic (exact) mass is 209 g/mol. The van der Waals surface area contributed by atoms with E-state index >= 15 is 0 Å². The van der Waals surface area contributed by atoms with Crippen LogP contribution in [-0.4, -0.2) is 34.6 Å². The van der Waals surface area contributed by atoms with Crippen molar-refractivity contribution in [1.29, 1.82) is 0 Å². The number of nitrogens with zero attached hydrogens (tertiary/aromatic N) is 1. The number of hydrogen-bond acceptors (Lipinski definition) is 2. The standard InChI is InChI=1S/C12H19NO2/c1-2-9-7-12(15)13(8-9)10-5-3-4-6-11(10)14/h2,9-11,14H,1,3-8H2. The van der Waals surface area contributed by atoms with E-state index < -0.39 is 0 Å². The molecule has 1 aliphatic carbocycles. The molecule has 1 amide bonds. The molecule has 1 heterocycles. The van der Waals surface area contributed by atoms with Crippen molar-refractivity contribution < 1.29 is 9.90 Å². The highest BCUT2D eigenvalue weighted by molar-refractivity contribution is 5.79. The number of hydrogen-bond donors (Lipinski definition) is 1. The van der Waals surface area contributed by atoms with E-state index in [1.807, 2.05) is 11.0 Å². The zero-order valence-electron chi connectivity index (χ0n) is 9.06. The quantitative estimate of drug-likeness (QED) is 0.697. The van der Waals surface area contributed by atoms with Gasteiger partial charge >= 0.3 is 0 Å². The average Bonchev–Trinajstić information content (AvgIpc) is 2.60. The Bertz CT molecular complexity index is 264. The zero-order valence-corrected chi connectivity index (χ0v) is 9.06. The lowest BCUT2D eigenvalue weighted by atomic mass is 9.91. The van der Waals surface area contributed by atoms with Crippen LogP contribution in [0.2, 0.25) is 0 Å². The first-order chi connectivity index (χ1) is 7.22. The second-order valence-corrected chi connectivity index (χ2v) is 4.67. The summed E-state index contributed by atoms with van der Waals surface area (Å²) in [4.78, 5) is 13.6. The molecule has 0 bridgehead atoms. The molecule has 1 aliphatic heterocycles. The number of rotatable bonds is 2. The molecule has 0 aromatic heterocycles. The third kappa shape index (κ3) is 2.07. The van der Waals surface area contributed by atoms with Crippen LogP contribution in [0, 0.1) is 5.92 Å². The summed E-state index contributed by atoms with van der Waals surface area (Å²) in [6.07, 6.45) is 6.13. The highest BCUT2D eigenvalue weighted by Gasteiger charge is 2.37. The van der Waals surface area contributed by atoms with E-state index in [1.165, 1.54) is 0 Å². The molecule has 1 N–H and O–H groups in total. The summed E-state index contributed by atoms with van der Waals surface area (Å²) >= 11 is 0. The lowest BCUT2D eigenvalue weighted by Gasteiger charge is -2.35. The molecule has 2 aliphatic rings. The van der Waals surface area contributed by atoms with Crippen molar-refractivity contribution in [2.45, 2.75) is 44.2 Å². The summed E-state index contributed by atoms with van der Waals surface area (Å²) in [7, 11) is 0. The summed E-state index contributed by atoms with van der Waals surface area (Å²) in [6, 6.07) is 0.0659. The largest absolute Gasteiger partial charge is 0.391 e. The number of carbonyl (C=O) groups is 1. The van der Waals surface area contributed by atoms with Crippen LogP contribution in [0.4, 0.5) is 0 Å². The molecular weight excluding hydrogens is 190 g/mol. The Labute approximate surface area is 90.8 Å². The first kappa shape index (κ1) is 10.7. The van der Waals surface area contributed by atoms with Gasteiger partial charge in [0.1, 0.15) is 0 Å². The molecule has 3 heteroatoms. The normalized spacial score (nSPS) is 37.0. The minimum absolute atomic E-state index is 0.0659. The molecule has 3 nitrogen and oxygen atoms in total. The lowest BCUT2D eigenvalue weighted by Crippen LogP contribution is -2.46. The van der Waals surface area contributed by atoms with Crippen molar-refractivity contribution in [3.05, 3.63) is 12.7 Å². The number of aliphatic hydroxyl groups excluding tert-OH is 1. The second kappa shape index (κ2) is 4.35. The third-order valence-electron chi connectivity index (χ3n) is 3.62. The minimum Gasteiger partial charge on any atom is -0.391 e. The Morgan fingerprint density at radius 2 is 2.13 bits per heavy atom. The van der Waals surface area contributed by atoms with Crippen LogP contribution in [0.15, 0.2) is 12.7 Å². The van der Waals surface area contributed by atoms with E-state index in [9.17, 15) is 9.90 Å². The molecule has 1 saturated heterocycles. The molecule has 2 fully saturated rings. The van der Waals surface area contributed by atoms with Crippen molar-refractivity contribution in [3.8, 4) is 0 Å². The molecule has 84 valence electrons. The molecule has 0 aromatic rings. The van der Waals surface area contributed by atoms with Crippen molar-refractivity contribution in [3.63, 3.8) is 0 Å². The number of aliphatic hydroxyl groups is 1. The maximum absolute atomic E-state index is 11.8. The molecule has 3 unspecified atom stereocenters. The predicted octanol–water partition coefficient (Wildman–Crippen LogP) is 1.32. The number of carbonyl (C=O) groups excluding carboxylic acids is 1. The number of likely N-dealkylation sites (tertiary alicyclic amines) is 1. The minimum atomic E-state index is -0.314. The predicted molar refractivity (Wildman–Crippen MR) is 58.3 cm³/mol. The van der Waals surface area contributed by atoms with Gasteiger partial charge in [-0.25, -0.2) is 0 Å². The lowest BCUT2D eigenvalue weighted by molar-refractivity contribution is -0.133. The summed E-state index contributed by atoms with van der Waals surface area (Å²) in [6.45, 7) is 4.49. The summed E-state index contributed by atoms with van der Waals surface area (Å²) in [5.41, 5.74) is 0. The molecule has 2 rings (SSSR count). The smallest absolute Gasteiger partial charge is 0.223 e. The van der Waals surface area contributed by atoms with Crippen molar-refractivity contribution >= 4 is 5.91 Å². The van der Waals surface area contributed by atoms with Crippen LogP contribution < -0.4 is 0 Å². The summed E-state index contributed by atoms with van der Waals surface area (Å²) in [5, 5.41) is 9.89. The van der Waals surface area contributed by atoms with E-state index in [1.54, 1.807) is 0 Å². The average molecular weight is 209 g/mol. The maximum atomic E-state index is 11.8. The van der Waals surface area contributed by atoms with Crippen molar-refractivity contribution in [2.24, 2.45) is 5.92 Å². The molecule has 1 saturated carbocycles. The van der Waals surface area contributed by atoms with E-state index in [4.69, 9.17) is 0 Å². The molecule has 15 heavy (non-hydrogen) atoms. The van der Waals surface area contributed by atoms with Gasteiger partial charge in [-0.2, -0.15) is 0 Å². The first-order valence-corrected chi connectivity index (χ1v) is 5.82. The van der Waals surface area contributed by atoms with Crippen molar-refractivity contribution in [1.82, 2.24) is 4.90 Å². The Hall–Kier alpha value is -0.830. The summed E-state index contributed by atoms with van der Waals surface area (Å²) < 4.78 is 0. The SMILES string of the molecule is C=CC1CC(=O)N(C2CCCCC2O)C1. The van der Waals surface area contributed by atoms with Crippen LogP contribution in [-0.2, 0) is 4.79 Å². The maximum Gasteiger partial charge on any atom is 0.223 e. The molecule has 0 spiro atoms. The van der Waals surface area contributed by atoms with Gasteiger partial charge in [0, 0.05) is 18.9 Å². The molecule has 3 atom stereocenters. The van der Waals surface area contributed by atoms with Crippen molar-refractivity contribution in [2.75, 3.05) is 6.54 Å². The van der Waals surface area contributed by atoms with Gasteiger partial charge in [0.15, 0.2) is 0 Å². The topological polar surface area (TPSA) is 40.5 Å². The van der Waals surface area contributed by atoms with E-state index in [2.05, 4.69) is 6.58 Å². The van der Waals surface area contributed by atoms with E-state index in [0.29, 0.717) is 6.42 Å². The highest BCUT2D eigenvalue weighted by Crippen LogP contribution is 2.29. The van der Waals surface area contributed by atoms with Gasteiger partial charge in [0.05, 0.1) is 12.1 Å². The van der Waals surface area contributed by atoms with Crippen LogP contribution in [0.1, 0.15) is 32.1 Å². The Morgan fingerprint density at radius 1 is 1.40 bits per heavy atom. The molecule has 0 radical (unpaired) electrons. The first-order valence-electron chi connectivity index (χ1n) is 5.82. The van der Waals surface area contributed by atoms with Crippen LogP contribution in [0.3, 0.4) is 0 Å². The fourth-order valence-corrected chi connectivity index (χ4v) is 2.69. The van der Waals surface area contributed by atoms with Gasteiger partial charge in [0.25, 0.3) is 0 Å². The molecule has 0 aromatic carbocycles. The Balaban J connectivity index is 2.03. The van der Waals surface area contributed by atoms with Gasteiger partial charge in [-0.05, 0) is 12.8 Å². The van der Waals surface area contributed by atoms with Gasteiger partial charge in [-0.3, -0.25) is 4.79 Å². The fourth-order valence-electron chi connectivity index (χ4n) is 2.69. The van der Waals surface area contributed by atoms with Gasteiger partial charge in [0.2, 0.25) is 5.91 Å². The second-order valence-electron chi connectivity index (χ2n) is 4.67. The van der Waals surface area contributed by atoms with E-state index in [0.717, 1.165) is 32.2 Å². The number of amides is 1. The fraction of sp³-hybridized carbons (Fsp3) is 0.750. The Morgan fingerprint density at radius 3 is 2.73 bits per heavy atom. The summed E-state index contributed by atoms with van der Waals surface area (Å²) in [5.74, 6) is 0.470. The highest BCUT2D eigenvalue weighted by atomic mass is 16.3. The van der Waals surface area contributed by atoms with Crippen LogP contribution in [0.25, 0.3) is 0 Å². The van der Waals surface area contributed by atoms with Crippen LogP contribution in [0.5, 0.6) is 0 Å². The van der Waals surface area contributed by atoms with Gasteiger partial charge < -0.3 is 10.0 Å². The zero-order chi connectivity index (χ0) is 10.8. The third-order valence-corrected chi connectivity index (χ3v) is 3.62.